The number of unbranched alkanes of at least 4 members (excludes halogenated alkanes) is 27. The lowest BCUT2D eigenvalue weighted by molar-refractivity contribution is -0.870. The number of aliphatic carboxylic acids is 1. The van der Waals surface area contributed by atoms with Gasteiger partial charge in [0, 0.05) is 12.8 Å². The highest BCUT2D eigenvalue weighted by molar-refractivity contribution is 5.71. The number of quaternary nitrogens is 1. The predicted molar refractivity (Wildman–Crippen MR) is 373 cm³/mol. The summed E-state index contributed by atoms with van der Waals surface area (Å²) >= 11 is 0. The Morgan fingerprint density at radius 1 is 0.356 bits per heavy atom. The maximum Gasteiger partial charge on any atom is 0.361 e. The average Bonchev–Trinajstić information content (AvgIpc) is 3.57. The Kier molecular flexibility index (Phi) is 63.8. The molecule has 0 radical (unpaired) electrons. The Morgan fingerprint density at radius 2 is 0.655 bits per heavy atom. The van der Waals surface area contributed by atoms with Crippen LogP contribution < -0.4 is 0 Å². The van der Waals surface area contributed by atoms with E-state index >= 15 is 0 Å². The molecule has 496 valence electrons. The summed E-state index contributed by atoms with van der Waals surface area (Å²) in [7, 11) is 5.97. The molecule has 0 aliphatic rings. The molecule has 2 atom stereocenters. The maximum atomic E-state index is 12.9. The fourth-order valence-electron chi connectivity index (χ4n) is 9.51. The van der Waals surface area contributed by atoms with Crippen LogP contribution in [-0.4, -0.2) is 87.4 Å². The van der Waals surface area contributed by atoms with E-state index in [1.165, 1.54) is 141 Å². The van der Waals surface area contributed by atoms with Crippen molar-refractivity contribution in [1.82, 2.24) is 0 Å². The van der Waals surface area contributed by atoms with Crippen LogP contribution in [0.15, 0.2) is 134 Å². The quantitative estimate of drug-likeness (QED) is 0.0211. The van der Waals surface area contributed by atoms with E-state index < -0.39 is 24.3 Å². The fraction of sp³-hybridized carbons (Fsp3) is 0.679. The smallest absolute Gasteiger partial charge is 0.361 e. The number of hydrogen-bond acceptors (Lipinski definition) is 7. The largest absolute Gasteiger partial charge is 0.477 e. The minimum atomic E-state index is -1.52. The number of allylic oxidation sites excluding steroid dienone is 22. The Balaban J connectivity index is 4.17. The number of rotatable bonds is 64. The van der Waals surface area contributed by atoms with Crippen molar-refractivity contribution in [1.29, 1.82) is 0 Å². The van der Waals surface area contributed by atoms with Gasteiger partial charge < -0.3 is 28.5 Å². The van der Waals surface area contributed by atoms with Crippen LogP contribution in [0.3, 0.4) is 0 Å². The molecule has 1 N–H and O–H groups in total. The van der Waals surface area contributed by atoms with E-state index in [1.54, 1.807) is 0 Å². The second-order valence-electron chi connectivity index (χ2n) is 24.5. The molecule has 0 spiro atoms. The first-order valence-corrected chi connectivity index (χ1v) is 35.3. The van der Waals surface area contributed by atoms with Gasteiger partial charge in [0.25, 0.3) is 6.29 Å². The van der Waals surface area contributed by atoms with Crippen molar-refractivity contribution in [2.45, 2.75) is 296 Å². The van der Waals surface area contributed by atoms with Crippen LogP contribution in [0.4, 0.5) is 0 Å². The number of carboxylic acids is 1. The third kappa shape index (κ3) is 68.8. The summed E-state index contributed by atoms with van der Waals surface area (Å²) in [5.41, 5.74) is 0. The van der Waals surface area contributed by atoms with E-state index in [0.717, 1.165) is 109 Å². The second-order valence-corrected chi connectivity index (χ2v) is 24.5. The summed E-state index contributed by atoms with van der Waals surface area (Å²) in [5, 5.41) is 9.75. The molecule has 2 unspecified atom stereocenters. The van der Waals surface area contributed by atoms with Crippen LogP contribution >= 0.6 is 0 Å². The molecule has 87 heavy (non-hydrogen) atoms. The van der Waals surface area contributed by atoms with E-state index in [2.05, 4.69) is 148 Å². The van der Waals surface area contributed by atoms with Crippen molar-refractivity contribution in [2.75, 3.05) is 47.5 Å². The number of likely N-dealkylation sites (N-methyl/N-ethyl adjacent to an activating group) is 1. The zero-order valence-corrected chi connectivity index (χ0v) is 56.6. The van der Waals surface area contributed by atoms with Crippen molar-refractivity contribution in [3.8, 4) is 0 Å². The molecular weight excluding hydrogens is 1080 g/mol. The lowest BCUT2D eigenvalue weighted by atomic mass is 10.0. The molecule has 0 bridgehead atoms. The van der Waals surface area contributed by atoms with E-state index in [1.807, 2.05) is 21.1 Å². The Bertz CT molecular complexity index is 1890. The molecule has 0 aromatic carbocycles. The van der Waals surface area contributed by atoms with Gasteiger partial charge in [0.1, 0.15) is 13.2 Å². The highest BCUT2D eigenvalue weighted by atomic mass is 16.7. The van der Waals surface area contributed by atoms with Gasteiger partial charge in [-0.05, 0) is 116 Å². The number of carbonyl (C=O) groups is 3. The van der Waals surface area contributed by atoms with Gasteiger partial charge in [-0.15, -0.1) is 0 Å². The van der Waals surface area contributed by atoms with E-state index in [9.17, 15) is 19.5 Å². The topological polar surface area (TPSA) is 108 Å². The predicted octanol–water partition coefficient (Wildman–Crippen LogP) is 22.1. The Labute approximate surface area is 535 Å². The zero-order chi connectivity index (χ0) is 63.3. The molecule has 0 aromatic heterocycles. The number of nitrogens with zero attached hydrogens (tertiary/aromatic N) is 1. The summed E-state index contributed by atoms with van der Waals surface area (Å²) < 4.78 is 23.0. The molecule has 0 heterocycles. The van der Waals surface area contributed by atoms with Crippen molar-refractivity contribution >= 4 is 17.9 Å². The number of carboxylic acid groups (broad SMARTS) is 1. The van der Waals surface area contributed by atoms with E-state index in [0.29, 0.717) is 23.9 Å². The third-order valence-electron chi connectivity index (χ3n) is 14.9. The Hall–Kier alpha value is -4.57. The van der Waals surface area contributed by atoms with E-state index in [4.69, 9.17) is 18.9 Å². The summed E-state index contributed by atoms with van der Waals surface area (Å²) in [4.78, 5) is 37.6. The fourth-order valence-corrected chi connectivity index (χ4v) is 9.51. The Morgan fingerprint density at radius 3 is 0.977 bits per heavy atom. The molecule has 0 aliphatic heterocycles. The van der Waals surface area contributed by atoms with Gasteiger partial charge in [-0.2, -0.15) is 0 Å². The van der Waals surface area contributed by atoms with Gasteiger partial charge in [-0.3, -0.25) is 9.59 Å². The SMILES string of the molecule is CC/C=C\C/C=C\C/C=C\C/C=C\C/C=C\C/C=C\C/C=C\C/C=C\C/C=C\CCCCCCCCCCCC(=O)OC(COC(=O)CCCCCCCCCCCCCCC/C=C\C/C=C\CCCCCCC)COC(OCC[N+](C)(C)C)C(=O)O. The lowest BCUT2D eigenvalue weighted by Crippen LogP contribution is -2.40. The van der Waals surface area contributed by atoms with Gasteiger partial charge in [-0.1, -0.05) is 289 Å². The molecule has 0 rings (SSSR count). The average molecular weight is 1210 g/mol. The van der Waals surface area contributed by atoms with Crippen LogP contribution in [-0.2, 0) is 33.3 Å². The number of carbonyl (C=O) groups excluding carboxylic acids is 2. The highest BCUT2D eigenvalue weighted by Gasteiger charge is 2.25. The first-order valence-electron chi connectivity index (χ1n) is 35.3. The summed E-state index contributed by atoms with van der Waals surface area (Å²) in [6, 6.07) is 0. The van der Waals surface area contributed by atoms with Crippen molar-refractivity contribution in [2.24, 2.45) is 0 Å². The molecule has 0 saturated carbocycles. The minimum Gasteiger partial charge on any atom is -0.477 e. The van der Waals surface area contributed by atoms with Crippen LogP contribution in [0.5, 0.6) is 0 Å². The van der Waals surface area contributed by atoms with Crippen molar-refractivity contribution < 1.29 is 42.9 Å². The van der Waals surface area contributed by atoms with Crippen LogP contribution in [0.1, 0.15) is 284 Å². The number of ether oxygens (including phenoxy) is 4. The van der Waals surface area contributed by atoms with Gasteiger partial charge in [-0.25, -0.2) is 4.79 Å². The summed E-state index contributed by atoms with van der Waals surface area (Å²) in [6.07, 6.45) is 94.1. The van der Waals surface area contributed by atoms with Crippen LogP contribution in [0.2, 0.25) is 0 Å². The maximum absolute atomic E-state index is 12.9. The number of hydrogen-bond donors (Lipinski definition) is 1. The molecule has 0 aliphatic carbocycles. The molecule has 0 aromatic rings. The second kappa shape index (κ2) is 67.4. The molecular formula is C78H132NO8+. The molecule has 9 heteroatoms. The standard InChI is InChI=1S/C78H131NO8/c1-6-8-10-12-14-16-18-20-22-24-26-28-30-32-33-34-35-36-37-38-39-40-41-42-43-45-47-49-51-53-55-57-59-61-63-65-67-69-76(81)87-74(73-86-78(77(82)83)84-71-70-79(3,4)5)72-85-75(80)68-66-64-62-60-58-56-54-52-50-48-46-44-31-29-27-25-23-21-19-17-15-13-11-9-7-2/h8,10,14,16,19-22,25-28,32-33,35-36,38-39,41-42,45,47,74,78H,6-7,9,11-13,15,17-18,23-24,29-31,34,37,40,43-44,46,48-73H2,1-5H3/p+1/b10-8-,16-14-,21-19-,22-20-,27-25-,28-26-,33-32-,36-35-,39-38-,42-41-,47-45-. The molecule has 0 fully saturated rings. The summed E-state index contributed by atoms with van der Waals surface area (Å²) in [5.74, 6) is -2.02. The molecule has 9 nitrogen and oxygen atoms in total. The highest BCUT2D eigenvalue weighted by Crippen LogP contribution is 2.16. The van der Waals surface area contributed by atoms with Gasteiger partial charge >= 0.3 is 17.9 Å². The summed E-state index contributed by atoms with van der Waals surface area (Å²) in [6.45, 7) is 4.75. The van der Waals surface area contributed by atoms with Gasteiger partial charge in [0.2, 0.25) is 0 Å². The molecule has 0 saturated heterocycles. The van der Waals surface area contributed by atoms with Crippen molar-refractivity contribution in [3.63, 3.8) is 0 Å². The number of esters is 2. The zero-order valence-electron chi connectivity index (χ0n) is 56.6. The first kappa shape index (κ1) is 82.4. The van der Waals surface area contributed by atoms with Crippen LogP contribution in [0.25, 0.3) is 0 Å². The van der Waals surface area contributed by atoms with Crippen LogP contribution in [0, 0.1) is 0 Å². The first-order chi connectivity index (χ1) is 42.6. The lowest BCUT2D eigenvalue weighted by Gasteiger charge is -2.25. The minimum absolute atomic E-state index is 0.181. The third-order valence-corrected chi connectivity index (χ3v) is 14.9. The molecule has 0 amide bonds. The monoisotopic (exact) mass is 1210 g/mol. The van der Waals surface area contributed by atoms with Crippen molar-refractivity contribution in [3.05, 3.63) is 134 Å². The van der Waals surface area contributed by atoms with Gasteiger partial charge in [0.15, 0.2) is 6.10 Å². The normalized spacial score (nSPS) is 13.5. The van der Waals surface area contributed by atoms with Gasteiger partial charge in [0.05, 0.1) is 34.4 Å². The van der Waals surface area contributed by atoms with E-state index in [-0.39, 0.29) is 32.2 Å².